The van der Waals surface area contributed by atoms with Gasteiger partial charge in [-0.05, 0) is 37.0 Å². The number of aromatic nitrogens is 1. The van der Waals surface area contributed by atoms with Gasteiger partial charge in [-0.1, -0.05) is 18.3 Å². The minimum absolute atomic E-state index is 0.186. The molecule has 0 unspecified atom stereocenters. The predicted molar refractivity (Wildman–Crippen MR) is 81.8 cm³/mol. The third-order valence-electron chi connectivity index (χ3n) is 2.65. The average molecular weight is 284 g/mol. The summed E-state index contributed by atoms with van der Waals surface area (Å²) in [5.41, 5.74) is 2.12. The molecular formula is C12H16N2S3. The first-order valence-electron chi connectivity index (χ1n) is 5.63. The molecule has 1 saturated heterocycles. The van der Waals surface area contributed by atoms with Crippen LogP contribution in [0.2, 0.25) is 0 Å². The molecule has 17 heavy (non-hydrogen) atoms. The van der Waals surface area contributed by atoms with Crippen LogP contribution in [0, 0.1) is 6.92 Å². The fourth-order valence-electron chi connectivity index (χ4n) is 1.82. The fourth-order valence-corrected chi connectivity index (χ4v) is 5.43. The van der Waals surface area contributed by atoms with Crippen LogP contribution in [-0.2, 0) is 4.08 Å². The third kappa shape index (κ3) is 2.61. The second-order valence-electron chi connectivity index (χ2n) is 3.91. The number of hydrogen-bond donors (Lipinski definition) is 1. The van der Waals surface area contributed by atoms with E-state index in [1.165, 1.54) is 6.42 Å². The molecule has 2 rings (SSSR count). The molecule has 0 spiro atoms. The van der Waals surface area contributed by atoms with E-state index in [2.05, 4.69) is 22.4 Å². The van der Waals surface area contributed by atoms with Crippen molar-refractivity contribution in [1.29, 1.82) is 0 Å². The topological polar surface area (TPSA) is 24.9 Å². The van der Waals surface area contributed by atoms with Gasteiger partial charge in [-0.3, -0.25) is 4.98 Å². The summed E-state index contributed by atoms with van der Waals surface area (Å²) in [5.74, 6) is 2.29. The monoisotopic (exact) mass is 284 g/mol. The molecule has 92 valence electrons. The van der Waals surface area contributed by atoms with Gasteiger partial charge in [-0.2, -0.15) is 0 Å². The molecular weight excluding hydrogens is 268 g/mol. The molecule has 1 aromatic rings. The largest absolute Gasteiger partial charge is 0.381 e. The zero-order chi connectivity index (χ0) is 12.3. The molecule has 1 aromatic heterocycles. The Morgan fingerprint density at radius 2 is 2.12 bits per heavy atom. The Morgan fingerprint density at radius 3 is 2.71 bits per heavy atom. The summed E-state index contributed by atoms with van der Waals surface area (Å²) in [6, 6.07) is 6.17. The molecule has 0 aliphatic carbocycles. The number of thioether (sulfide) groups is 2. The Balaban J connectivity index is 2.42. The maximum atomic E-state index is 5.52. The molecule has 1 N–H and O–H groups in total. The Labute approximate surface area is 116 Å². The van der Waals surface area contributed by atoms with Gasteiger partial charge >= 0.3 is 0 Å². The second kappa shape index (κ2) is 5.59. The van der Waals surface area contributed by atoms with Crippen molar-refractivity contribution in [3.8, 4) is 0 Å². The van der Waals surface area contributed by atoms with Crippen LogP contribution in [0.25, 0.3) is 0 Å². The number of rotatable bonds is 2. The summed E-state index contributed by atoms with van der Waals surface area (Å²) < 4.78 is -0.186. The maximum Gasteiger partial charge on any atom is 0.153 e. The number of likely N-dealkylation sites (N-methyl/N-ethyl adjacent to an activating group) is 1. The summed E-state index contributed by atoms with van der Waals surface area (Å²) in [5, 5.41) is 3.14. The molecule has 5 heteroatoms. The van der Waals surface area contributed by atoms with Gasteiger partial charge in [0.05, 0.1) is 5.69 Å². The van der Waals surface area contributed by atoms with Crippen molar-refractivity contribution in [3.05, 3.63) is 29.6 Å². The summed E-state index contributed by atoms with van der Waals surface area (Å²) >= 11 is 9.32. The van der Waals surface area contributed by atoms with Gasteiger partial charge < -0.3 is 5.32 Å². The van der Waals surface area contributed by atoms with Crippen molar-refractivity contribution in [2.24, 2.45) is 0 Å². The molecule has 0 aromatic carbocycles. The first kappa shape index (κ1) is 13.2. The van der Waals surface area contributed by atoms with Crippen molar-refractivity contribution >= 4 is 40.7 Å². The van der Waals surface area contributed by atoms with Gasteiger partial charge in [-0.25, -0.2) is 0 Å². The van der Waals surface area contributed by atoms with E-state index in [4.69, 9.17) is 12.2 Å². The van der Waals surface area contributed by atoms with Crippen LogP contribution in [0.3, 0.4) is 0 Å². The van der Waals surface area contributed by atoms with Crippen molar-refractivity contribution in [2.75, 3.05) is 18.6 Å². The summed E-state index contributed by atoms with van der Waals surface area (Å²) in [6.45, 7) is 2.03. The van der Waals surface area contributed by atoms with Gasteiger partial charge in [0.15, 0.2) is 4.08 Å². The van der Waals surface area contributed by atoms with Gasteiger partial charge in [0.1, 0.15) is 4.99 Å². The molecule has 0 radical (unpaired) electrons. The molecule has 0 amide bonds. The summed E-state index contributed by atoms with van der Waals surface area (Å²) in [6.07, 6.45) is 1.25. The van der Waals surface area contributed by atoms with Crippen molar-refractivity contribution in [2.45, 2.75) is 17.4 Å². The maximum absolute atomic E-state index is 5.52. The zero-order valence-corrected chi connectivity index (χ0v) is 12.5. The highest BCUT2D eigenvalue weighted by Gasteiger charge is 2.41. The smallest absolute Gasteiger partial charge is 0.153 e. The molecule has 0 bridgehead atoms. The second-order valence-corrected chi connectivity index (χ2v) is 7.20. The number of pyridine rings is 1. The van der Waals surface area contributed by atoms with E-state index >= 15 is 0 Å². The highest BCUT2D eigenvalue weighted by molar-refractivity contribution is 8.20. The standard InChI is InChI=1S/C12H16N2S3/c1-9-5-3-6-10(14-9)12(11(15)13-2)16-7-4-8-17-12/h3,5-6H,4,7-8H2,1-2H3,(H,13,15). The number of nitrogens with zero attached hydrogens (tertiary/aromatic N) is 1. The molecule has 2 heterocycles. The van der Waals surface area contributed by atoms with Crippen LogP contribution in [-0.4, -0.2) is 28.5 Å². The average Bonchev–Trinajstić information content (AvgIpc) is 2.38. The van der Waals surface area contributed by atoms with E-state index in [1.807, 2.05) is 43.6 Å². The predicted octanol–water partition coefficient (Wildman–Crippen LogP) is 2.96. The Kier molecular flexibility index (Phi) is 4.33. The Morgan fingerprint density at radius 1 is 1.41 bits per heavy atom. The lowest BCUT2D eigenvalue weighted by Gasteiger charge is -2.35. The highest BCUT2D eigenvalue weighted by atomic mass is 32.2. The van der Waals surface area contributed by atoms with Crippen LogP contribution >= 0.6 is 35.7 Å². The van der Waals surface area contributed by atoms with E-state index in [9.17, 15) is 0 Å². The van der Waals surface area contributed by atoms with Gasteiger partial charge in [0.2, 0.25) is 0 Å². The normalized spacial score (nSPS) is 18.7. The lowest BCUT2D eigenvalue weighted by molar-refractivity contribution is 0.971. The third-order valence-corrected chi connectivity index (χ3v) is 6.75. The van der Waals surface area contributed by atoms with Crippen molar-refractivity contribution < 1.29 is 0 Å². The Hall–Kier alpha value is -0.260. The van der Waals surface area contributed by atoms with E-state index in [1.54, 1.807) is 0 Å². The minimum Gasteiger partial charge on any atom is -0.381 e. The number of thiocarbonyl (C=S) groups is 1. The van der Waals surface area contributed by atoms with E-state index in [0.717, 1.165) is 27.9 Å². The number of nitrogens with one attached hydrogen (secondary N) is 1. The number of aryl methyl sites for hydroxylation is 1. The van der Waals surface area contributed by atoms with Gasteiger partial charge in [0, 0.05) is 12.7 Å². The quantitative estimate of drug-likeness (QED) is 0.842. The van der Waals surface area contributed by atoms with Crippen LogP contribution < -0.4 is 5.32 Å². The SMILES string of the molecule is CNC(=S)C1(c2cccc(C)n2)SCCCS1. The molecule has 1 fully saturated rings. The van der Waals surface area contributed by atoms with Gasteiger partial charge in [-0.15, -0.1) is 23.5 Å². The fraction of sp³-hybridized carbons (Fsp3) is 0.500. The van der Waals surface area contributed by atoms with E-state index in [-0.39, 0.29) is 4.08 Å². The van der Waals surface area contributed by atoms with E-state index < -0.39 is 0 Å². The highest BCUT2D eigenvalue weighted by Crippen LogP contribution is 2.50. The lowest BCUT2D eigenvalue weighted by Crippen LogP contribution is -2.39. The first-order chi connectivity index (χ1) is 8.19. The molecule has 0 atom stereocenters. The minimum atomic E-state index is -0.186. The molecule has 0 saturated carbocycles. The van der Waals surface area contributed by atoms with Crippen molar-refractivity contribution in [3.63, 3.8) is 0 Å². The number of hydrogen-bond acceptors (Lipinski definition) is 4. The van der Waals surface area contributed by atoms with Gasteiger partial charge in [0.25, 0.3) is 0 Å². The van der Waals surface area contributed by atoms with Crippen molar-refractivity contribution in [1.82, 2.24) is 10.3 Å². The Bertz CT molecular complexity index is 414. The van der Waals surface area contributed by atoms with Crippen LogP contribution in [0.4, 0.5) is 0 Å². The van der Waals surface area contributed by atoms with Crippen LogP contribution in [0.1, 0.15) is 17.8 Å². The summed E-state index contributed by atoms with van der Waals surface area (Å²) in [7, 11) is 1.90. The molecule has 1 aliphatic rings. The summed E-state index contributed by atoms with van der Waals surface area (Å²) in [4.78, 5) is 5.55. The van der Waals surface area contributed by atoms with Crippen LogP contribution in [0.15, 0.2) is 18.2 Å². The molecule has 1 aliphatic heterocycles. The van der Waals surface area contributed by atoms with Crippen LogP contribution in [0.5, 0.6) is 0 Å². The lowest BCUT2D eigenvalue weighted by atomic mass is 10.2. The first-order valence-corrected chi connectivity index (χ1v) is 8.01. The van der Waals surface area contributed by atoms with E-state index in [0.29, 0.717) is 0 Å². The molecule has 2 nitrogen and oxygen atoms in total. The zero-order valence-electron chi connectivity index (χ0n) is 10.0.